The van der Waals surface area contributed by atoms with Gasteiger partial charge in [0, 0.05) is 41.4 Å². The van der Waals surface area contributed by atoms with Gasteiger partial charge in [-0.15, -0.1) is 0 Å². The number of anilines is 1. The van der Waals surface area contributed by atoms with Gasteiger partial charge in [-0.1, -0.05) is 11.6 Å². The van der Waals surface area contributed by atoms with Gasteiger partial charge >= 0.3 is 0 Å². The quantitative estimate of drug-likeness (QED) is 0.547. The molecular weight excluding hydrogens is 417 g/mol. The fraction of sp³-hybridized carbons (Fsp3) is 0.375. The van der Waals surface area contributed by atoms with Gasteiger partial charge in [-0.3, -0.25) is 4.98 Å². The van der Waals surface area contributed by atoms with Crippen LogP contribution in [0.3, 0.4) is 0 Å². The van der Waals surface area contributed by atoms with Crippen molar-refractivity contribution in [2.75, 3.05) is 26.5 Å². The van der Waals surface area contributed by atoms with E-state index in [0.717, 1.165) is 36.8 Å². The van der Waals surface area contributed by atoms with Crippen molar-refractivity contribution in [3.63, 3.8) is 0 Å². The molecular formula is C24H26ClFN3O2. The zero-order valence-corrected chi connectivity index (χ0v) is 18.6. The molecule has 31 heavy (non-hydrogen) atoms. The molecule has 5 nitrogen and oxygen atoms in total. The van der Waals surface area contributed by atoms with Crippen LogP contribution in [0.4, 0.5) is 10.1 Å². The number of pyridine rings is 1. The molecule has 1 radical (unpaired) electrons. The molecule has 0 atom stereocenters. The molecule has 4 rings (SSSR count). The first kappa shape index (κ1) is 21.7. The first-order valence-corrected chi connectivity index (χ1v) is 10.7. The van der Waals surface area contributed by atoms with Crippen LogP contribution >= 0.6 is 11.6 Å². The molecule has 2 aromatic carbocycles. The number of hydrogen-bond acceptors (Lipinski definition) is 5. The minimum absolute atomic E-state index is 0.0996. The van der Waals surface area contributed by atoms with E-state index in [1.807, 2.05) is 0 Å². The van der Waals surface area contributed by atoms with Crippen molar-refractivity contribution in [3.05, 3.63) is 47.4 Å². The molecule has 1 aliphatic carbocycles. The number of nitrogens with one attached hydrogen (secondary N) is 1. The molecule has 1 fully saturated rings. The Kier molecular flexibility index (Phi) is 6.21. The van der Waals surface area contributed by atoms with Gasteiger partial charge in [-0.05, 0) is 63.5 Å². The van der Waals surface area contributed by atoms with E-state index in [1.54, 1.807) is 18.3 Å². The Labute approximate surface area is 186 Å². The number of methoxy groups -OCH3 is 1. The maximum Gasteiger partial charge on any atom is 0.176 e. The molecule has 2 N–H and O–H groups in total. The van der Waals surface area contributed by atoms with Crippen LogP contribution in [0.25, 0.3) is 22.0 Å². The SMILES string of the molecule is COc1cc(-c2cc3c(N[C@H]4CC[C@H](N(C)C)CC4)[c]cnc3cc2F)cc(Cl)c1O. The van der Waals surface area contributed by atoms with E-state index in [0.29, 0.717) is 28.7 Å². The smallest absolute Gasteiger partial charge is 0.176 e. The highest BCUT2D eigenvalue weighted by atomic mass is 35.5. The summed E-state index contributed by atoms with van der Waals surface area (Å²) in [4.78, 5) is 6.59. The van der Waals surface area contributed by atoms with Crippen LogP contribution in [0.15, 0.2) is 30.5 Å². The monoisotopic (exact) mass is 442 g/mol. The third-order valence-electron chi connectivity index (χ3n) is 6.10. The van der Waals surface area contributed by atoms with Crippen molar-refractivity contribution < 1.29 is 14.2 Å². The van der Waals surface area contributed by atoms with Crippen LogP contribution < -0.4 is 10.1 Å². The van der Waals surface area contributed by atoms with E-state index < -0.39 is 5.82 Å². The number of fused-ring (bicyclic) bond motifs is 1. The van der Waals surface area contributed by atoms with Crippen LogP contribution in [-0.2, 0) is 0 Å². The number of aromatic nitrogens is 1. The number of nitrogens with zero attached hydrogens (tertiary/aromatic N) is 2. The molecule has 1 heterocycles. The van der Waals surface area contributed by atoms with Crippen molar-refractivity contribution in [1.82, 2.24) is 9.88 Å². The van der Waals surface area contributed by atoms with Crippen LogP contribution in [-0.4, -0.2) is 48.3 Å². The van der Waals surface area contributed by atoms with Gasteiger partial charge in [0.2, 0.25) is 0 Å². The average Bonchev–Trinajstić information content (AvgIpc) is 2.75. The number of benzene rings is 2. The van der Waals surface area contributed by atoms with Gasteiger partial charge in [0.15, 0.2) is 11.5 Å². The van der Waals surface area contributed by atoms with Crippen molar-refractivity contribution in [3.8, 4) is 22.6 Å². The molecule has 1 saturated carbocycles. The number of phenols is 1. The lowest BCUT2D eigenvalue weighted by molar-refractivity contribution is 0.221. The van der Waals surface area contributed by atoms with E-state index in [1.165, 1.54) is 19.2 Å². The Balaban J connectivity index is 1.69. The molecule has 0 unspecified atom stereocenters. The van der Waals surface area contributed by atoms with Crippen molar-refractivity contribution >= 4 is 28.2 Å². The second kappa shape index (κ2) is 8.89. The lowest BCUT2D eigenvalue weighted by Crippen LogP contribution is -2.36. The van der Waals surface area contributed by atoms with E-state index in [9.17, 15) is 9.50 Å². The van der Waals surface area contributed by atoms with Gasteiger partial charge in [-0.2, -0.15) is 0 Å². The maximum atomic E-state index is 15.0. The summed E-state index contributed by atoms with van der Waals surface area (Å²) in [6, 6.07) is 10.4. The van der Waals surface area contributed by atoms with Crippen molar-refractivity contribution in [2.24, 2.45) is 0 Å². The first-order valence-electron chi connectivity index (χ1n) is 10.4. The number of hydrogen-bond donors (Lipinski definition) is 2. The standard InChI is InChI=1S/C24H26ClFN3O2/c1-29(2)16-6-4-15(5-7-16)28-21-8-9-27-22-13-20(26)17(12-18(21)22)14-10-19(25)24(30)23(11-14)31-3/h9-13,15-16,30H,4-7H2,1-3H3,(H,27,28)/t15-,16-. The minimum Gasteiger partial charge on any atom is -0.503 e. The molecule has 0 bridgehead atoms. The Bertz CT molecular complexity index is 1100. The van der Waals surface area contributed by atoms with Gasteiger partial charge in [0.05, 0.1) is 23.3 Å². The molecule has 0 saturated heterocycles. The molecule has 0 amide bonds. The number of halogens is 2. The number of aromatic hydroxyl groups is 1. The molecule has 1 aliphatic rings. The zero-order valence-electron chi connectivity index (χ0n) is 17.9. The highest BCUT2D eigenvalue weighted by molar-refractivity contribution is 6.32. The molecule has 163 valence electrons. The third-order valence-corrected chi connectivity index (χ3v) is 6.39. The number of rotatable bonds is 5. The summed E-state index contributed by atoms with van der Waals surface area (Å²) < 4.78 is 20.1. The van der Waals surface area contributed by atoms with Crippen LogP contribution in [0.2, 0.25) is 5.02 Å². The highest BCUT2D eigenvalue weighted by Gasteiger charge is 2.23. The number of phenolic OH excluding ortho intramolecular Hbond substituents is 1. The lowest BCUT2D eigenvalue weighted by atomic mass is 9.90. The van der Waals surface area contributed by atoms with Gasteiger partial charge < -0.3 is 20.1 Å². The minimum atomic E-state index is -0.424. The molecule has 3 aromatic rings. The molecule has 0 aliphatic heterocycles. The zero-order chi connectivity index (χ0) is 22.1. The summed E-state index contributed by atoms with van der Waals surface area (Å²) in [5.41, 5.74) is 2.24. The van der Waals surface area contributed by atoms with Gasteiger partial charge in [-0.25, -0.2) is 4.39 Å². The Morgan fingerprint density at radius 3 is 2.61 bits per heavy atom. The van der Waals surface area contributed by atoms with Crippen LogP contribution in [0, 0.1) is 11.9 Å². The summed E-state index contributed by atoms with van der Waals surface area (Å²) in [5, 5.41) is 14.5. The normalized spacial score (nSPS) is 19.0. The predicted molar refractivity (Wildman–Crippen MR) is 123 cm³/mol. The Morgan fingerprint density at radius 1 is 1.19 bits per heavy atom. The van der Waals surface area contributed by atoms with E-state index >= 15 is 0 Å². The maximum absolute atomic E-state index is 15.0. The van der Waals surface area contributed by atoms with Crippen LogP contribution in [0.5, 0.6) is 11.5 Å². The largest absolute Gasteiger partial charge is 0.503 e. The summed E-state index contributed by atoms with van der Waals surface area (Å²) in [6.45, 7) is 0. The molecule has 7 heteroatoms. The Hall–Kier alpha value is -2.57. The van der Waals surface area contributed by atoms with Gasteiger partial charge in [0.1, 0.15) is 5.82 Å². The van der Waals surface area contributed by atoms with Gasteiger partial charge in [0.25, 0.3) is 0 Å². The molecule has 0 spiro atoms. The highest BCUT2D eigenvalue weighted by Crippen LogP contribution is 2.40. The van der Waals surface area contributed by atoms with E-state index in [2.05, 4.69) is 35.4 Å². The summed E-state index contributed by atoms with van der Waals surface area (Å²) in [5.74, 6) is -0.400. The third kappa shape index (κ3) is 4.41. The first-order chi connectivity index (χ1) is 14.9. The lowest BCUT2D eigenvalue weighted by Gasteiger charge is -2.33. The van der Waals surface area contributed by atoms with E-state index in [-0.39, 0.29) is 16.5 Å². The van der Waals surface area contributed by atoms with E-state index in [4.69, 9.17) is 16.3 Å². The second-order valence-electron chi connectivity index (χ2n) is 8.25. The predicted octanol–water partition coefficient (Wildman–Crippen LogP) is 5.49. The Morgan fingerprint density at radius 2 is 1.94 bits per heavy atom. The molecule has 1 aromatic heterocycles. The van der Waals surface area contributed by atoms with Crippen LogP contribution in [0.1, 0.15) is 25.7 Å². The topological polar surface area (TPSA) is 57.6 Å². The second-order valence-corrected chi connectivity index (χ2v) is 8.66. The average molecular weight is 443 g/mol. The summed E-state index contributed by atoms with van der Waals surface area (Å²) >= 11 is 6.13. The fourth-order valence-corrected chi connectivity index (χ4v) is 4.49. The van der Waals surface area contributed by atoms with Crippen molar-refractivity contribution in [1.29, 1.82) is 0 Å². The fourth-order valence-electron chi connectivity index (χ4n) is 4.28. The summed E-state index contributed by atoms with van der Waals surface area (Å²) in [6.07, 6.45) is 5.99. The number of ether oxygens (including phenoxy) is 1. The summed E-state index contributed by atoms with van der Waals surface area (Å²) in [7, 11) is 5.68. The van der Waals surface area contributed by atoms with Crippen molar-refractivity contribution in [2.45, 2.75) is 37.8 Å².